The van der Waals surface area contributed by atoms with Gasteiger partial charge in [-0.1, -0.05) is 23.7 Å². The fourth-order valence-corrected chi connectivity index (χ4v) is 4.19. The van der Waals surface area contributed by atoms with Gasteiger partial charge in [-0.3, -0.25) is 9.69 Å². The van der Waals surface area contributed by atoms with E-state index in [4.69, 9.17) is 11.6 Å². The molecule has 1 atom stereocenters. The van der Waals surface area contributed by atoms with Crippen molar-refractivity contribution in [2.75, 3.05) is 39.3 Å². The minimum absolute atomic E-state index is 0.141. The van der Waals surface area contributed by atoms with Crippen molar-refractivity contribution in [2.24, 2.45) is 0 Å². The molecular formula is C20H31ClN4O. The molecule has 0 radical (unpaired) electrons. The average molecular weight is 379 g/mol. The van der Waals surface area contributed by atoms with Crippen molar-refractivity contribution >= 4 is 17.5 Å². The molecule has 1 amide bonds. The molecule has 0 aromatic heterocycles. The Morgan fingerprint density at radius 2 is 2.08 bits per heavy atom. The zero-order chi connectivity index (χ0) is 18.5. The molecule has 6 heteroatoms. The Bertz CT molecular complexity index is 601. The van der Waals surface area contributed by atoms with Crippen molar-refractivity contribution in [3.05, 3.63) is 34.9 Å². The van der Waals surface area contributed by atoms with Gasteiger partial charge in [-0.05, 0) is 44.4 Å². The predicted molar refractivity (Wildman–Crippen MR) is 107 cm³/mol. The molecular weight excluding hydrogens is 348 g/mol. The number of nitrogens with one attached hydrogen (secondary N) is 2. The molecule has 2 fully saturated rings. The molecule has 2 aliphatic rings. The highest BCUT2D eigenvalue weighted by molar-refractivity contribution is 6.30. The monoisotopic (exact) mass is 378 g/mol. The highest BCUT2D eigenvalue weighted by Gasteiger charge is 2.27. The number of likely N-dealkylation sites (tertiary alicyclic amines) is 1. The van der Waals surface area contributed by atoms with Crippen molar-refractivity contribution in [1.82, 2.24) is 20.4 Å². The zero-order valence-corrected chi connectivity index (χ0v) is 16.6. The number of amides is 1. The van der Waals surface area contributed by atoms with Gasteiger partial charge >= 0.3 is 0 Å². The largest absolute Gasteiger partial charge is 0.352 e. The van der Waals surface area contributed by atoms with Gasteiger partial charge in [0, 0.05) is 55.9 Å². The summed E-state index contributed by atoms with van der Waals surface area (Å²) in [6.45, 7) is 9.69. The summed E-state index contributed by atoms with van der Waals surface area (Å²) in [6, 6.07) is 9.06. The number of hydrogen-bond donors (Lipinski definition) is 2. The highest BCUT2D eigenvalue weighted by Crippen LogP contribution is 2.24. The summed E-state index contributed by atoms with van der Waals surface area (Å²) in [5, 5.41) is 7.43. The normalized spacial score (nSPS) is 23.3. The SMILES string of the molecule is CC(C)N1CCC(NC(=O)CN2CCNCC2c2cccc(Cl)c2)CC1. The first-order chi connectivity index (χ1) is 12.5. The van der Waals surface area contributed by atoms with Crippen LogP contribution in [0.25, 0.3) is 0 Å². The second-order valence-electron chi connectivity index (χ2n) is 7.72. The second-order valence-corrected chi connectivity index (χ2v) is 8.15. The molecule has 144 valence electrons. The maximum Gasteiger partial charge on any atom is 0.234 e. The highest BCUT2D eigenvalue weighted by atomic mass is 35.5. The summed E-state index contributed by atoms with van der Waals surface area (Å²) >= 11 is 6.16. The summed E-state index contributed by atoms with van der Waals surface area (Å²) in [6.07, 6.45) is 2.09. The van der Waals surface area contributed by atoms with E-state index >= 15 is 0 Å². The van der Waals surface area contributed by atoms with Crippen LogP contribution in [-0.4, -0.2) is 67.1 Å². The molecule has 0 aliphatic carbocycles. The Morgan fingerprint density at radius 1 is 1.31 bits per heavy atom. The fraction of sp³-hybridized carbons (Fsp3) is 0.650. The quantitative estimate of drug-likeness (QED) is 0.825. The number of rotatable bonds is 5. The van der Waals surface area contributed by atoms with Crippen molar-refractivity contribution < 1.29 is 4.79 Å². The first kappa shape index (κ1) is 19.6. The minimum Gasteiger partial charge on any atom is -0.352 e. The van der Waals surface area contributed by atoms with Crippen molar-refractivity contribution in [3.63, 3.8) is 0 Å². The standard InChI is InChI=1S/C20H31ClN4O/c1-15(2)24-9-6-18(7-10-24)23-20(26)14-25-11-8-22-13-19(25)16-4-3-5-17(21)12-16/h3-5,12,15,18-19,22H,6-11,13-14H2,1-2H3,(H,23,26). The number of benzene rings is 1. The number of piperazine rings is 1. The molecule has 2 N–H and O–H groups in total. The Balaban J connectivity index is 1.54. The molecule has 26 heavy (non-hydrogen) atoms. The maximum absolute atomic E-state index is 12.6. The van der Waals surface area contributed by atoms with E-state index in [2.05, 4.69) is 40.3 Å². The first-order valence-electron chi connectivity index (χ1n) is 9.76. The minimum atomic E-state index is 0.141. The van der Waals surface area contributed by atoms with E-state index in [0.29, 0.717) is 18.6 Å². The van der Waals surface area contributed by atoms with Gasteiger partial charge in [-0.2, -0.15) is 0 Å². The lowest BCUT2D eigenvalue weighted by Crippen LogP contribution is -2.52. The summed E-state index contributed by atoms with van der Waals surface area (Å²) in [4.78, 5) is 17.4. The van der Waals surface area contributed by atoms with Gasteiger partial charge in [-0.15, -0.1) is 0 Å². The lowest BCUT2D eigenvalue weighted by molar-refractivity contribution is -0.124. The van der Waals surface area contributed by atoms with Crippen LogP contribution >= 0.6 is 11.6 Å². The van der Waals surface area contributed by atoms with Gasteiger partial charge in [0.25, 0.3) is 0 Å². The van der Waals surface area contributed by atoms with E-state index in [1.807, 2.05) is 18.2 Å². The summed E-state index contributed by atoms with van der Waals surface area (Å²) in [5.41, 5.74) is 1.17. The lowest BCUT2D eigenvalue weighted by Gasteiger charge is -2.37. The topological polar surface area (TPSA) is 47.6 Å². The number of nitrogens with zero attached hydrogens (tertiary/aromatic N) is 2. The molecule has 1 aromatic carbocycles. The molecule has 2 heterocycles. The zero-order valence-electron chi connectivity index (χ0n) is 15.9. The number of halogens is 1. The van der Waals surface area contributed by atoms with Gasteiger partial charge < -0.3 is 15.5 Å². The van der Waals surface area contributed by atoms with Crippen molar-refractivity contribution in [1.29, 1.82) is 0 Å². The Kier molecular flexibility index (Phi) is 6.92. The van der Waals surface area contributed by atoms with Gasteiger partial charge in [0.15, 0.2) is 0 Å². The van der Waals surface area contributed by atoms with E-state index in [-0.39, 0.29) is 11.9 Å². The molecule has 2 saturated heterocycles. The Hall–Kier alpha value is -1.14. The molecule has 2 aliphatic heterocycles. The molecule has 0 saturated carbocycles. The lowest BCUT2D eigenvalue weighted by atomic mass is 10.0. The van der Waals surface area contributed by atoms with Crippen LogP contribution < -0.4 is 10.6 Å². The number of hydrogen-bond acceptors (Lipinski definition) is 4. The van der Waals surface area contributed by atoms with Crippen LogP contribution in [0.3, 0.4) is 0 Å². The van der Waals surface area contributed by atoms with Gasteiger partial charge in [0.05, 0.1) is 6.54 Å². The summed E-state index contributed by atoms with van der Waals surface area (Å²) < 4.78 is 0. The molecule has 1 unspecified atom stereocenters. The van der Waals surface area contributed by atoms with Gasteiger partial charge in [0.2, 0.25) is 5.91 Å². The van der Waals surface area contributed by atoms with E-state index in [1.54, 1.807) is 0 Å². The molecule has 3 rings (SSSR count). The van der Waals surface area contributed by atoms with Crippen LogP contribution in [0.4, 0.5) is 0 Å². The predicted octanol–water partition coefficient (Wildman–Crippen LogP) is 2.28. The molecule has 5 nitrogen and oxygen atoms in total. The van der Waals surface area contributed by atoms with Crippen LogP contribution in [-0.2, 0) is 4.79 Å². The van der Waals surface area contributed by atoms with Crippen molar-refractivity contribution in [3.8, 4) is 0 Å². The van der Waals surface area contributed by atoms with E-state index in [9.17, 15) is 4.79 Å². The summed E-state index contributed by atoms with van der Waals surface area (Å²) in [5.74, 6) is 0.141. The fourth-order valence-electron chi connectivity index (χ4n) is 4.00. The smallest absolute Gasteiger partial charge is 0.234 e. The Labute approximate surface area is 162 Å². The third-order valence-corrected chi connectivity index (χ3v) is 5.79. The van der Waals surface area contributed by atoms with Crippen LogP contribution in [0.5, 0.6) is 0 Å². The molecule has 1 aromatic rings. The van der Waals surface area contributed by atoms with Crippen LogP contribution in [0, 0.1) is 0 Å². The van der Waals surface area contributed by atoms with Crippen LogP contribution in [0.2, 0.25) is 5.02 Å². The van der Waals surface area contributed by atoms with Gasteiger partial charge in [0.1, 0.15) is 0 Å². The maximum atomic E-state index is 12.6. The third kappa shape index (κ3) is 5.19. The van der Waals surface area contributed by atoms with Crippen LogP contribution in [0.15, 0.2) is 24.3 Å². The summed E-state index contributed by atoms with van der Waals surface area (Å²) in [7, 11) is 0. The van der Waals surface area contributed by atoms with E-state index < -0.39 is 0 Å². The number of piperidine rings is 1. The van der Waals surface area contributed by atoms with Gasteiger partial charge in [-0.25, -0.2) is 0 Å². The van der Waals surface area contributed by atoms with E-state index in [1.165, 1.54) is 5.56 Å². The van der Waals surface area contributed by atoms with E-state index in [0.717, 1.165) is 50.6 Å². The second kappa shape index (κ2) is 9.18. The number of carbonyl (C=O) groups is 1. The molecule has 0 bridgehead atoms. The third-order valence-electron chi connectivity index (χ3n) is 5.56. The molecule has 0 spiro atoms. The van der Waals surface area contributed by atoms with Crippen molar-refractivity contribution in [2.45, 2.75) is 44.8 Å². The first-order valence-corrected chi connectivity index (χ1v) is 10.1. The van der Waals surface area contributed by atoms with Crippen LogP contribution in [0.1, 0.15) is 38.3 Å². The number of carbonyl (C=O) groups excluding carboxylic acids is 1. The average Bonchev–Trinajstić information content (AvgIpc) is 2.62. The Morgan fingerprint density at radius 3 is 2.77 bits per heavy atom.